The standard InChI is InChI=1S/C15H16BrNO/c1-2-8-18-15-10-13(9-14(16)11-15)12-4-3-6-17-7-5-12/h3,5-7,9-11H,2,4,8H2,1H3. The third kappa shape index (κ3) is 3.57. The second-order valence-electron chi connectivity index (χ2n) is 4.10. The zero-order chi connectivity index (χ0) is 12.8. The highest BCUT2D eigenvalue weighted by Gasteiger charge is 2.05. The Morgan fingerprint density at radius 2 is 2.22 bits per heavy atom. The molecule has 1 aromatic carbocycles. The number of nitrogens with zero attached hydrogens (tertiary/aromatic N) is 1. The van der Waals surface area contributed by atoms with Gasteiger partial charge < -0.3 is 4.74 Å². The molecule has 0 fully saturated rings. The molecule has 0 spiro atoms. The number of benzene rings is 1. The maximum atomic E-state index is 5.69. The molecule has 0 radical (unpaired) electrons. The molecule has 18 heavy (non-hydrogen) atoms. The van der Waals surface area contributed by atoms with E-state index in [2.05, 4.69) is 46.1 Å². The lowest BCUT2D eigenvalue weighted by Gasteiger charge is -2.10. The second kappa shape index (κ2) is 6.55. The first-order valence-corrected chi connectivity index (χ1v) is 6.90. The molecule has 2 rings (SSSR count). The van der Waals surface area contributed by atoms with E-state index < -0.39 is 0 Å². The zero-order valence-corrected chi connectivity index (χ0v) is 12.0. The predicted molar refractivity (Wildman–Crippen MR) is 80.2 cm³/mol. The molecular formula is C15H16BrNO. The maximum absolute atomic E-state index is 5.69. The minimum absolute atomic E-state index is 0.746. The quantitative estimate of drug-likeness (QED) is 0.796. The molecule has 1 aliphatic heterocycles. The molecule has 1 heterocycles. The Bertz CT molecular complexity index is 503. The fourth-order valence-electron chi connectivity index (χ4n) is 1.76. The summed E-state index contributed by atoms with van der Waals surface area (Å²) in [6.45, 7) is 2.85. The monoisotopic (exact) mass is 305 g/mol. The second-order valence-corrected chi connectivity index (χ2v) is 5.02. The summed E-state index contributed by atoms with van der Waals surface area (Å²) in [7, 11) is 0. The first kappa shape index (κ1) is 13.1. The highest BCUT2D eigenvalue weighted by Crippen LogP contribution is 2.28. The number of allylic oxidation sites excluding steroid dienone is 3. The largest absolute Gasteiger partial charge is 0.494 e. The SMILES string of the molecule is CCCOc1cc(Br)cc(C2=CC=NC=CC2)c1. The third-order valence-corrected chi connectivity index (χ3v) is 3.06. The summed E-state index contributed by atoms with van der Waals surface area (Å²) in [6.07, 6.45) is 9.67. The predicted octanol–water partition coefficient (Wildman–Crippen LogP) is 4.61. The van der Waals surface area contributed by atoms with Crippen molar-refractivity contribution in [2.24, 2.45) is 4.99 Å². The third-order valence-electron chi connectivity index (χ3n) is 2.61. The first-order chi connectivity index (χ1) is 8.79. The summed E-state index contributed by atoms with van der Waals surface area (Å²) in [4.78, 5) is 4.12. The van der Waals surface area contributed by atoms with Gasteiger partial charge in [0.05, 0.1) is 6.61 Å². The van der Waals surface area contributed by atoms with Crippen LogP contribution in [0.4, 0.5) is 0 Å². The molecule has 0 unspecified atom stereocenters. The van der Waals surface area contributed by atoms with Crippen LogP contribution in [0.1, 0.15) is 25.3 Å². The van der Waals surface area contributed by atoms with Gasteiger partial charge in [0.2, 0.25) is 0 Å². The molecule has 1 aromatic rings. The highest BCUT2D eigenvalue weighted by atomic mass is 79.9. The van der Waals surface area contributed by atoms with E-state index in [-0.39, 0.29) is 0 Å². The van der Waals surface area contributed by atoms with Gasteiger partial charge in [-0.1, -0.05) is 28.9 Å². The molecule has 94 valence electrons. The van der Waals surface area contributed by atoms with Gasteiger partial charge in [0, 0.05) is 16.9 Å². The zero-order valence-electron chi connectivity index (χ0n) is 10.4. The lowest BCUT2D eigenvalue weighted by Crippen LogP contribution is -1.96. The molecule has 0 bridgehead atoms. The first-order valence-electron chi connectivity index (χ1n) is 6.10. The summed E-state index contributed by atoms with van der Waals surface area (Å²) in [6, 6.07) is 6.19. The summed E-state index contributed by atoms with van der Waals surface area (Å²) in [5.41, 5.74) is 2.42. The van der Waals surface area contributed by atoms with Crippen molar-refractivity contribution in [2.75, 3.05) is 6.61 Å². The van der Waals surface area contributed by atoms with Crippen molar-refractivity contribution in [1.82, 2.24) is 0 Å². The van der Waals surface area contributed by atoms with Crippen LogP contribution in [0.3, 0.4) is 0 Å². The molecule has 0 N–H and O–H groups in total. The maximum Gasteiger partial charge on any atom is 0.121 e. The molecule has 1 aliphatic rings. The van der Waals surface area contributed by atoms with Crippen molar-refractivity contribution < 1.29 is 4.74 Å². The Morgan fingerprint density at radius 1 is 1.33 bits per heavy atom. The number of hydrogen-bond acceptors (Lipinski definition) is 2. The fourth-order valence-corrected chi connectivity index (χ4v) is 2.23. The van der Waals surface area contributed by atoms with Crippen LogP contribution in [-0.2, 0) is 0 Å². The molecular weight excluding hydrogens is 290 g/mol. The Morgan fingerprint density at radius 3 is 3.06 bits per heavy atom. The van der Waals surface area contributed by atoms with Gasteiger partial charge in [-0.05, 0) is 48.3 Å². The average molecular weight is 306 g/mol. The van der Waals surface area contributed by atoms with Gasteiger partial charge in [0.1, 0.15) is 5.75 Å². The van der Waals surface area contributed by atoms with E-state index in [0.717, 1.165) is 29.7 Å². The van der Waals surface area contributed by atoms with Crippen molar-refractivity contribution in [2.45, 2.75) is 19.8 Å². The molecule has 0 aromatic heterocycles. The van der Waals surface area contributed by atoms with E-state index in [1.807, 2.05) is 24.6 Å². The van der Waals surface area contributed by atoms with Crippen LogP contribution in [0.2, 0.25) is 0 Å². The van der Waals surface area contributed by atoms with Gasteiger partial charge in [-0.15, -0.1) is 0 Å². The van der Waals surface area contributed by atoms with Crippen molar-refractivity contribution in [3.8, 4) is 5.75 Å². The van der Waals surface area contributed by atoms with Gasteiger partial charge >= 0.3 is 0 Å². The van der Waals surface area contributed by atoms with Crippen LogP contribution >= 0.6 is 15.9 Å². The Hall–Kier alpha value is -1.35. The number of aliphatic imine (C=N–C) groups is 1. The van der Waals surface area contributed by atoms with E-state index in [4.69, 9.17) is 4.74 Å². The molecule has 0 saturated carbocycles. The number of rotatable bonds is 4. The van der Waals surface area contributed by atoms with Crippen LogP contribution in [-0.4, -0.2) is 12.8 Å². The topological polar surface area (TPSA) is 21.6 Å². The minimum atomic E-state index is 0.746. The molecule has 0 saturated heterocycles. The number of halogens is 1. The van der Waals surface area contributed by atoms with E-state index in [1.165, 1.54) is 11.1 Å². The lowest BCUT2D eigenvalue weighted by atomic mass is 10.0. The summed E-state index contributed by atoms with van der Waals surface area (Å²) in [5.74, 6) is 0.910. The van der Waals surface area contributed by atoms with Crippen molar-refractivity contribution in [1.29, 1.82) is 0 Å². The summed E-state index contributed by atoms with van der Waals surface area (Å²) >= 11 is 3.53. The Balaban J connectivity index is 2.27. The van der Waals surface area contributed by atoms with Crippen molar-refractivity contribution in [3.05, 3.63) is 46.6 Å². The van der Waals surface area contributed by atoms with E-state index in [1.54, 1.807) is 0 Å². The van der Waals surface area contributed by atoms with Crippen molar-refractivity contribution >= 4 is 27.7 Å². The highest BCUT2D eigenvalue weighted by molar-refractivity contribution is 9.10. The lowest BCUT2D eigenvalue weighted by molar-refractivity contribution is 0.317. The molecule has 0 atom stereocenters. The van der Waals surface area contributed by atoms with Gasteiger partial charge in [0.15, 0.2) is 0 Å². The summed E-state index contributed by atoms with van der Waals surface area (Å²) < 4.78 is 6.73. The summed E-state index contributed by atoms with van der Waals surface area (Å²) in [5, 5.41) is 0. The molecule has 0 amide bonds. The van der Waals surface area contributed by atoms with Gasteiger partial charge in [-0.2, -0.15) is 0 Å². The Kier molecular flexibility index (Phi) is 4.76. The van der Waals surface area contributed by atoms with Gasteiger partial charge in [-0.25, -0.2) is 0 Å². The van der Waals surface area contributed by atoms with E-state index in [0.29, 0.717) is 0 Å². The molecule has 0 aliphatic carbocycles. The van der Waals surface area contributed by atoms with Gasteiger partial charge in [0.25, 0.3) is 0 Å². The normalized spacial score (nSPS) is 14.2. The van der Waals surface area contributed by atoms with Gasteiger partial charge in [-0.3, -0.25) is 4.99 Å². The van der Waals surface area contributed by atoms with Crippen LogP contribution in [0, 0.1) is 0 Å². The minimum Gasteiger partial charge on any atom is -0.494 e. The smallest absolute Gasteiger partial charge is 0.121 e. The number of ether oxygens (including phenoxy) is 1. The van der Waals surface area contributed by atoms with E-state index in [9.17, 15) is 0 Å². The van der Waals surface area contributed by atoms with Crippen LogP contribution in [0.25, 0.3) is 5.57 Å². The fraction of sp³-hybridized carbons (Fsp3) is 0.267. The molecule has 2 nitrogen and oxygen atoms in total. The average Bonchev–Trinajstić information content (AvgIpc) is 2.64. The Labute approximate surface area is 116 Å². The molecule has 3 heteroatoms. The van der Waals surface area contributed by atoms with E-state index >= 15 is 0 Å². The van der Waals surface area contributed by atoms with Crippen LogP contribution in [0.15, 0.2) is 46.0 Å². The number of hydrogen-bond donors (Lipinski definition) is 0. The van der Waals surface area contributed by atoms with Crippen LogP contribution < -0.4 is 4.74 Å². The van der Waals surface area contributed by atoms with Crippen LogP contribution in [0.5, 0.6) is 5.75 Å². The van der Waals surface area contributed by atoms with Crippen molar-refractivity contribution in [3.63, 3.8) is 0 Å².